The largest absolute Gasteiger partial charge is 0.287 e. The van der Waals surface area contributed by atoms with Crippen LogP contribution >= 0.6 is 0 Å². The number of hydrogen-bond acceptors (Lipinski definition) is 5. The van der Waals surface area contributed by atoms with Gasteiger partial charge >= 0.3 is 0 Å². The quantitative estimate of drug-likeness (QED) is 0.601. The van der Waals surface area contributed by atoms with Gasteiger partial charge < -0.3 is 0 Å². The second kappa shape index (κ2) is 7.60. The van der Waals surface area contributed by atoms with Crippen LogP contribution in [0.5, 0.6) is 0 Å². The molecule has 2 rings (SSSR count). The Morgan fingerprint density at radius 1 is 1.00 bits per heavy atom. The summed E-state index contributed by atoms with van der Waals surface area (Å²) in [5.41, 5.74) is 2.61. The second-order valence-electron chi connectivity index (χ2n) is 2.21. The number of aliphatic imine (C=N–C) groups is 3. The molecule has 0 aromatic heterocycles. The Balaban J connectivity index is 0.000000140. The lowest BCUT2D eigenvalue weighted by Crippen LogP contribution is -1.90. The molecule has 0 bridgehead atoms. The first-order valence-electron chi connectivity index (χ1n) is 4.12. The third-order valence-corrected chi connectivity index (χ3v) is 1.19. The topological polar surface area (TPSA) is 61.5 Å². The van der Waals surface area contributed by atoms with Crippen molar-refractivity contribution in [1.29, 1.82) is 0 Å². The summed E-state index contributed by atoms with van der Waals surface area (Å²) < 4.78 is 0. The Kier molecular flexibility index (Phi) is 5.45. The zero-order chi connectivity index (χ0) is 9.90. The van der Waals surface area contributed by atoms with Gasteiger partial charge in [-0.1, -0.05) is 0 Å². The summed E-state index contributed by atoms with van der Waals surface area (Å²) in [7, 11) is 0. The van der Waals surface area contributed by atoms with Crippen molar-refractivity contribution in [3.63, 3.8) is 0 Å². The van der Waals surface area contributed by atoms with Gasteiger partial charge in [-0.3, -0.25) is 20.4 Å². The zero-order valence-electron chi connectivity index (χ0n) is 7.61. The second-order valence-corrected chi connectivity index (χ2v) is 2.21. The number of rotatable bonds is 0. The Labute approximate surface area is 82.4 Å². The van der Waals surface area contributed by atoms with E-state index in [-0.39, 0.29) is 0 Å². The van der Waals surface area contributed by atoms with Crippen LogP contribution in [0, 0.1) is 0 Å². The van der Waals surface area contributed by atoms with E-state index in [1.165, 1.54) is 0 Å². The number of nitrogens with one attached hydrogen (secondary N) is 1. The smallest absolute Gasteiger partial charge is 0.0742 e. The molecule has 0 amide bonds. The van der Waals surface area contributed by atoms with Crippen LogP contribution in [0.25, 0.3) is 0 Å². The molecule has 0 radical (unpaired) electrons. The van der Waals surface area contributed by atoms with Gasteiger partial charge in [0.1, 0.15) is 0 Å². The monoisotopic (exact) mass is 189 g/mol. The maximum atomic E-state index is 3.91. The lowest BCUT2D eigenvalue weighted by atomic mass is 10.7. The Bertz CT molecular complexity index is 249. The van der Waals surface area contributed by atoms with Crippen LogP contribution in [-0.2, 0) is 0 Å². The van der Waals surface area contributed by atoms with E-state index in [1.807, 2.05) is 6.08 Å². The molecule has 5 heteroatoms. The third-order valence-electron chi connectivity index (χ3n) is 1.19. The summed E-state index contributed by atoms with van der Waals surface area (Å²) in [4.78, 5) is 11.5. The minimum absolute atomic E-state index is 0.715. The van der Waals surface area contributed by atoms with Crippen LogP contribution < -0.4 is 5.43 Å². The first kappa shape index (κ1) is 10.0. The highest BCUT2D eigenvalue weighted by Crippen LogP contribution is 1.76. The summed E-state index contributed by atoms with van der Waals surface area (Å²) in [6.07, 6.45) is 13.5. The fourth-order valence-electron chi connectivity index (χ4n) is 0.649. The molecule has 72 valence electrons. The first-order valence-corrected chi connectivity index (χ1v) is 4.12. The van der Waals surface area contributed by atoms with Crippen molar-refractivity contribution in [2.24, 2.45) is 20.1 Å². The SMILES string of the molecule is C1=CN=CCN=C1.C1=CNN=CC=N1. The minimum Gasteiger partial charge on any atom is -0.287 e. The molecular formula is C9H11N5. The van der Waals surface area contributed by atoms with E-state index < -0.39 is 0 Å². The molecule has 2 aliphatic heterocycles. The van der Waals surface area contributed by atoms with Gasteiger partial charge in [0, 0.05) is 37.2 Å². The normalized spacial score (nSPS) is 16.6. The highest BCUT2D eigenvalue weighted by molar-refractivity contribution is 6.16. The molecule has 0 fully saturated rings. The van der Waals surface area contributed by atoms with E-state index >= 15 is 0 Å². The van der Waals surface area contributed by atoms with E-state index in [0.29, 0.717) is 6.54 Å². The zero-order valence-corrected chi connectivity index (χ0v) is 7.61. The van der Waals surface area contributed by atoms with E-state index in [0.717, 1.165) is 0 Å². The van der Waals surface area contributed by atoms with Crippen molar-refractivity contribution in [3.8, 4) is 0 Å². The standard InChI is InChI=1S/C5H6N2.C4H5N3/c1-2-6-4-5-7-3-1;1-3-6-7-4-2-5-1/h1-4H,5H2;1-4,6H. The molecule has 1 N–H and O–H groups in total. The molecule has 0 atom stereocenters. The van der Waals surface area contributed by atoms with Crippen molar-refractivity contribution >= 4 is 24.9 Å². The molecule has 0 unspecified atom stereocenters. The van der Waals surface area contributed by atoms with Crippen LogP contribution in [-0.4, -0.2) is 31.4 Å². The Hall–Kier alpha value is -2.04. The molecular weight excluding hydrogens is 178 g/mol. The number of hydrazone groups is 1. The molecule has 0 saturated carbocycles. The van der Waals surface area contributed by atoms with E-state index in [2.05, 4.69) is 25.5 Å². The lowest BCUT2D eigenvalue weighted by Gasteiger charge is -1.78. The van der Waals surface area contributed by atoms with E-state index in [1.54, 1.807) is 43.5 Å². The molecule has 0 aromatic carbocycles. The Morgan fingerprint density at radius 2 is 2.00 bits per heavy atom. The molecule has 0 aliphatic carbocycles. The molecule has 0 spiro atoms. The highest BCUT2D eigenvalue weighted by atomic mass is 15.3. The molecule has 14 heavy (non-hydrogen) atoms. The molecule has 0 saturated heterocycles. The van der Waals surface area contributed by atoms with Gasteiger partial charge in [-0.2, -0.15) is 5.10 Å². The van der Waals surface area contributed by atoms with Crippen molar-refractivity contribution in [1.82, 2.24) is 5.43 Å². The van der Waals surface area contributed by atoms with Crippen molar-refractivity contribution in [2.45, 2.75) is 0 Å². The average Bonchev–Trinajstić information content (AvgIpc) is 2.68. The van der Waals surface area contributed by atoms with Crippen molar-refractivity contribution < 1.29 is 0 Å². The van der Waals surface area contributed by atoms with Gasteiger partial charge in [0.15, 0.2) is 0 Å². The predicted octanol–water partition coefficient (Wildman–Crippen LogP) is 0.773. The van der Waals surface area contributed by atoms with Gasteiger partial charge in [-0.05, 0) is 6.08 Å². The highest BCUT2D eigenvalue weighted by Gasteiger charge is 1.71. The van der Waals surface area contributed by atoms with Gasteiger partial charge in [0.2, 0.25) is 0 Å². The summed E-state index contributed by atoms with van der Waals surface area (Å²) in [6.45, 7) is 0.715. The first-order chi connectivity index (χ1) is 7.00. The van der Waals surface area contributed by atoms with Gasteiger partial charge in [-0.15, -0.1) is 0 Å². The van der Waals surface area contributed by atoms with Crippen LogP contribution in [0.1, 0.15) is 0 Å². The van der Waals surface area contributed by atoms with Crippen molar-refractivity contribution in [2.75, 3.05) is 6.54 Å². The van der Waals surface area contributed by atoms with Gasteiger partial charge in [0.25, 0.3) is 0 Å². The third kappa shape index (κ3) is 5.59. The van der Waals surface area contributed by atoms with Crippen LogP contribution in [0.15, 0.2) is 44.8 Å². The minimum atomic E-state index is 0.715. The summed E-state index contributed by atoms with van der Waals surface area (Å²) >= 11 is 0. The van der Waals surface area contributed by atoms with Gasteiger partial charge in [-0.25, -0.2) is 0 Å². The average molecular weight is 189 g/mol. The maximum Gasteiger partial charge on any atom is 0.0742 e. The van der Waals surface area contributed by atoms with Gasteiger partial charge in [0.05, 0.1) is 12.8 Å². The number of allylic oxidation sites excluding steroid dienone is 1. The number of nitrogens with zero attached hydrogens (tertiary/aromatic N) is 4. The molecule has 2 aliphatic rings. The number of hydrogen-bond donors (Lipinski definition) is 1. The predicted molar refractivity (Wildman–Crippen MR) is 60.3 cm³/mol. The van der Waals surface area contributed by atoms with E-state index in [9.17, 15) is 0 Å². The lowest BCUT2D eigenvalue weighted by molar-refractivity contribution is 0.978. The van der Waals surface area contributed by atoms with Crippen molar-refractivity contribution in [3.05, 3.63) is 24.7 Å². The van der Waals surface area contributed by atoms with E-state index in [4.69, 9.17) is 0 Å². The molecule has 2 heterocycles. The van der Waals surface area contributed by atoms with Crippen LogP contribution in [0.4, 0.5) is 0 Å². The fourth-order valence-corrected chi connectivity index (χ4v) is 0.649. The molecule has 5 nitrogen and oxygen atoms in total. The van der Waals surface area contributed by atoms with Crippen LogP contribution in [0.3, 0.4) is 0 Å². The molecule has 0 aromatic rings. The summed E-state index contributed by atoms with van der Waals surface area (Å²) in [5, 5.41) is 3.66. The van der Waals surface area contributed by atoms with Crippen LogP contribution in [0.2, 0.25) is 0 Å². The Morgan fingerprint density at radius 3 is 3.00 bits per heavy atom. The maximum absolute atomic E-state index is 3.91. The fraction of sp³-hybridized carbons (Fsp3) is 0.111. The summed E-state index contributed by atoms with van der Waals surface area (Å²) in [5.74, 6) is 0. The summed E-state index contributed by atoms with van der Waals surface area (Å²) in [6, 6.07) is 0.